The van der Waals surface area contributed by atoms with E-state index in [-0.39, 0.29) is 31.3 Å². The number of phosphoric ester groups is 1. The van der Waals surface area contributed by atoms with Crippen LogP contribution in [0.3, 0.4) is 0 Å². The van der Waals surface area contributed by atoms with Crippen LogP contribution in [0.15, 0.2) is 72.9 Å². The van der Waals surface area contributed by atoms with Crippen molar-refractivity contribution in [1.29, 1.82) is 0 Å². The first-order valence-electron chi connectivity index (χ1n) is 29.7. The third kappa shape index (κ3) is 52.3. The normalized spacial score (nSPS) is 14.3. The van der Waals surface area contributed by atoms with Gasteiger partial charge in [0.1, 0.15) is 19.3 Å². The van der Waals surface area contributed by atoms with Crippen LogP contribution in [0, 0.1) is 0 Å². The fourth-order valence-electron chi connectivity index (χ4n) is 8.33. The molecule has 0 saturated heterocycles. The lowest BCUT2D eigenvalue weighted by atomic mass is 10.0. The Morgan fingerprint density at radius 1 is 0.500 bits per heavy atom. The maximum atomic E-state index is 13.4. The molecule has 0 bridgehead atoms. The first kappa shape index (κ1) is 69.5. The van der Waals surface area contributed by atoms with Crippen LogP contribution in [-0.2, 0) is 27.9 Å². The molecule has 0 saturated carbocycles. The van der Waals surface area contributed by atoms with Gasteiger partial charge in [-0.05, 0) is 63.9 Å². The Bertz CT molecular complexity index is 1460. The minimum Gasteiger partial charge on any atom is -0.756 e. The zero-order chi connectivity index (χ0) is 52.9. The molecule has 1 amide bonds. The van der Waals surface area contributed by atoms with E-state index in [0.29, 0.717) is 17.4 Å². The number of allylic oxidation sites excluding steroid dienone is 11. The number of hydrogen-bond acceptors (Lipinski definition) is 7. The number of carbonyl (C=O) groups excluding carboxylic acids is 2. The number of quaternary nitrogens is 1. The molecule has 3 unspecified atom stereocenters. The van der Waals surface area contributed by atoms with Crippen molar-refractivity contribution in [3.8, 4) is 0 Å². The number of esters is 1. The van der Waals surface area contributed by atoms with Crippen LogP contribution < -0.4 is 10.2 Å². The van der Waals surface area contributed by atoms with E-state index in [1.807, 2.05) is 45.4 Å². The molecule has 9 nitrogen and oxygen atoms in total. The van der Waals surface area contributed by atoms with E-state index in [1.54, 1.807) is 0 Å². The van der Waals surface area contributed by atoms with Gasteiger partial charge >= 0.3 is 5.97 Å². The topological polar surface area (TPSA) is 114 Å². The van der Waals surface area contributed by atoms with Gasteiger partial charge < -0.3 is 28.5 Å². The molecule has 0 heterocycles. The number of amides is 1. The predicted octanol–water partition coefficient (Wildman–Crippen LogP) is 17.4. The lowest BCUT2D eigenvalue weighted by Gasteiger charge is -2.30. The van der Waals surface area contributed by atoms with Gasteiger partial charge in [0, 0.05) is 12.8 Å². The van der Waals surface area contributed by atoms with E-state index in [1.165, 1.54) is 148 Å². The molecule has 0 aliphatic rings. The van der Waals surface area contributed by atoms with E-state index in [9.17, 15) is 19.0 Å². The van der Waals surface area contributed by atoms with E-state index < -0.39 is 26.6 Å². The summed E-state index contributed by atoms with van der Waals surface area (Å²) in [5.74, 6) is -0.634. The molecule has 0 aromatic rings. The van der Waals surface area contributed by atoms with Crippen molar-refractivity contribution in [3.05, 3.63) is 72.9 Å². The summed E-state index contributed by atoms with van der Waals surface area (Å²) in [5.41, 5.74) is 0. The van der Waals surface area contributed by atoms with Crippen molar-refractivity contribution in [2.75, 3.05) is 40.9 Å². The summed E-state index contributed by atoms with van der Waals surface area (Å²) in [6, 6.07) is -0.927. The van der Waals surface area contributed by atoms with Gasteiger partial charge in [0.15, 0.2) is 0 Å². The molecule has 0 aromatic carbocycles. The first-order chi connectivity index (χ1) is 34.9. The second-order valence-electron chi connectivity index (χ2n) is 21.1. The fraction of sp³-hybridized carbons (Fsp3) is 0.774. The maximum Gasteiger partial charge on any atom is 0.306 e. The summed E-state index contributed by atoms with van der Waals surface area (Å²) in [5, 5.41) is 2.97. The third-order valence-corrected chi connectivity index (χ3v) is 13.9. The predicted molar refractivity (Wildman–Crippen MR) is 307 cm³/mol. The number of ether oxygens (including phenoxy) is 1. The van der Waals surface area contributed by atoms with Crippen molar-refractivity contribution in [2.24, 2.45) is 0 Å². The quantitative estimate of drug-likeness (QED) is 0.0212. The minimum absolute atomic E-state index is 0.0367. The van der Waals surface area contributed by atoms with Gasteiger partial charge in [-0.2, -0.15) is 0 Å². The summed E-state index contributed by atoms with van der Waals surface area (Å²) in [6.07, 6.45) is 66.1. The van der Waals surface area contributed by atoms with Crippen molar-refractivity contribution in [3.63, 3.8) is 0 Å². The van der Waals surface area contributed by atoms with Crippen LogP contribution in [0.2, 0.25) is 0 Å². The number of likely N-dealkylation sites (N-methyl/N-ethyl adjacent to an activating group) is 1. The van der Waals surface area contributed by atoms with E-state index in [2.05, 4.69) is 74.7 Å². The zero-order valence-electron chi connectivity index (χ0n) is 47.6. The van der Waals surface area contributed by atoms with Gasteiger partial charge in [0.05, 0.1) is 33.8 Å². The number of unbranched alkanes of at least 4 members (excludes halogenated alkanes) is 27. The molecule has 1 N–H and O–H groups in total. The number of nitrogens with one attached hydrogen (secondary N) is 1. The summed E-state index contributed by atoms with van der Waals surface area (Å²) in [7, 11) is 1.14. The van der Waals surface area contributed by atoms with Crippen molar-refractivity contribution in [1.82, 2.24) is 5.32 Å². The highest BCUT2D eigenvalue weighted by Crippen LogP contribution is 2.38. The zero-order valence-corrected chi connectivity index (χ0v) is 48.5. The number of hydrogen-bond donors (Lipinski definition) is 1. The Hall–Kier alpha value is -2.55. The van der Waals surface area contributed by atoms with Crippen LogP contribution in [-0.4, -0.2) is 69.4 Å². The van der Waals surface area contributed by atoms with Gasteiger partial charge in [-0.15, -0.1) is 0 Å². The van der Waals surface area contributed by atoms with Crippen molar-refractivity contribution in [2.45, 2.75) is 270 Å². The summed E-state index contributed by atoms with van der Waals surface area (Å²) < 4.78 is 30.2. The Labute approximate surface area is 444 Å². The molecule has 72 heavy (non-hydrogen) atoms. The molecular formula is C62H113N2O7P. The standard InChI is InChI=1S/C62H113N2O7P/c1-7-10-13-16-19-22-25-27-29-31-32-33-35-37-40-43-46-49-52-55-62(66)71-60(53-50-47-44-41-38-24-21-18-15-12-9-3)59(58-70-72(67,68)69-57-56-64(4,5)6)63-61(65)54-51-48-45-42-39-36-34-30-28-26-23-20-17-14-11-8-2/h11,14,20,23,28,30,36,39,45,48,50,53,59-60H,7-10,12-13,15-19,21-22,24-27,29,31-35,37-38,40-44,46-47,49,51-52,54-58H2,1-6H3,(H-,63,65,67,68)/b14-11+,23-20+,30-28+,39-36+,48-45+,53-50+. The second-order valence-corrected chi connectivity index (χ2v) is 22.5. The first-order valence-corrected chi connectivity index (χ1v) is 31.2. The number of carbonyl (C=O) groups is 2. The van der Waals surface area contributed by atoms with Crippen LogP contribution in [0.5, 0.6) is 0 Å². The highest BCUT2D eigenvalue weighted by molar-refractivity contribution is 7.45. The summed E-state index contributed by atoms with van der Waals surface area (Å²) >= 11 is 0. The van der Waals surface area contributed by atoms with Crippen molar-refractivity contribution >= 4 is 19.7 Å². The summed E-state index contributed by atoms with van der Waals surface area (Å²) in [6.45, 7) is 6.67. The largest absolute Gasteiger partial charge is 0.756 e. The fourth-order valence-corrected chi connectivity index (χ4v) is 9.06. The van der Waals surface area contributed by atoms with Crippen molar-refractivity contribution < 1.29 is 37.3 Å². The van der Waals surface area contributed by atoms with E-state index in [4.69, 9.17) is 13.8 Å². The maximum absolute atomic E-state index is 13.4. The molecule has 0 aliphatic carbocycles. The third-order valence-electron chi connectivity index (χ3n) is 12.9. The van der Waals surface area contributed by atoms with Gasteiger partial charge in [-0.1, -0.05) is 255 Å². The Morgan fingerprint density at radius 3 is 1.33 bits per heavy atom. The molecule has 418 valence electrons. The van der Waals surface area contributed by atoms with Gasteiger partial charge in [-0.25, -0.2) is 0 Å². The van der Waals surface area contributed by atoms with Crippen LogP contribution >= 0.6 is 7.82 Å². The molecule has 0 spiro atoms. The number of rotatable bonds is 53. The molecule has 0 radical (unpaired) electrons. The SMILES string of the molecule is CC/C=C/C/C=C/C/C=C/C/C=C/C/C=C/CCC(=O)NC(COP(=O)([O-])OCC[N+](C)(C)C)C(/C=C/CCCCCCCCCCC)OC(=O)CCCCCCCCCCCCCCCCCCCCC. The number of nitrogens with zero attached hydrogens (tertiary/aromatic N) is 1. The monoisotopic (exact) mass is 1030 g/mol. The Morgan fingerprint density at radius 2 is 0.903 bits per heavy atom. The highest BCUT2D eigenvalue weighted by Gasteiger charge is 2.27. The highest BCUT2D eigenvalue weighted by atomic mass is 31.2. The molecule has 0 aliphatic heterocycles. The smallest absolute Gasteiger partial charge is 0.306 e. The second kappa shape index (κ2) is 51.9. The van der Waals surface area contributed by atoms with Crippen LogP contribution in [0.1, 0.15) is 258 Å². The lowest BCUT2D eigenvalue weighted by Crippen LogP contribution is -2.47. The van der Waals surface area contributed by atoms with Gasteiger partial charge in [-0.3, -0.25) is 14.2 Å². The molecule has 10 heteroatoms. The molecule has 0 fully saturated rings. The van der Waals surface area contributed by atoms with Gasteiger partial charge in [0.25, 0.3) is 7.82 Å². The lowest BCUT2D eigenvalue weighted by molar-refractivity contribution is -0.870. The average molecular weight is 1030 g/mol. The molecule has 3 atom stereocenters. The Kier molecular flexibility index (Phi) is 50.1. The van der Waals surface area contributed by atoms with E-state index in [0.717, 1.165) is 70.6 Å². The molecule has 0 rings (SSSR count). The molecular weight excluding hydrogens is 916 g/mol. The average Bonchev–Trinajstić information content (AvgIpc) is 3.34. The molecule has 0 aromatic heterocycles. The van der Waals surface area contributed by atoms with E-state index >= 15 is 0 Å². The van der Waals surface area contributed by atoms with Crippen LogP contribution in [0.25, 0.3) is 0 Å². The van der Waals surface area contributed by atoms with Crippen LogP contribution in [0.4, 0.5) is 0 Å². The minimum atomic E-state index is -4.71. The Balaban J connectivity index is 5.33. The summed E-state index contributed by atoms with van der Waals surface area (Å²) in [4.78, 5) is 39.8. The van der Waals surface area contributed by atoms with Gasteiger partial charge in [0.2, 0.25) is 5.91 Å². The number of phosphoric acid groups is 1.